The topological polar surface area (TPSA) is 49.3 Å². The molecule has 1 aromatic carbocycles. The molecule has 0 amide bonds. The van der Waals surface area contributed by atoms with Crippen molar-refractivity contribution in [2.45, 2.75) is 33.4 Å². The van der Waals surface area contributed by atoms with E-state index in [1.807, 2.05) is 13.8 Å². The zero-order chi connectivity index (χ0) is 17.0. The van der Waals surface area contributed by atoms with Gasteiger partial charge in [0.05, 0.1) is 23.3 Å². The molecule has 24 heavy (non-hydrogen) atoms. The SMILES string of the molecule is CN=C(NCc1sc(C)nc1C)NC(C)c1ccc(F)cc1F.I. The van der Waals surface area contributed by atoms with Gasteiger partial charge >= 0.3 is 0 Å². The number of halogens is 3. The van der Waals surface area contributed by atoms with Gasteiger partial charge in [-0.2, -0.15) is 0 Å². The minimum absolute atomic E-state index is 0. The average molecular weight is 466 g/mol. The Morgan fingerprint density at radius 1 is 1.33 bits per heavy atom. The molecule has 0 saturated carbocycles. The number of aromatic nitrogens is 1. The Morgan fingerprint density at radius 3 is 2.58 bits per heavy atom. The van der Waals surface area contributed by atoms with Gasteiger partial charge in [0.25, 0.3) is 0 Å². The second-order valence-corrected chi connectivity index (χ2v) is 6.49. The van der Waals surface area contributed by atoms with Gasteiger partial charge in [0, 0.05) is 23.6 Å². The van der Waals surface area contributed by atoms with Crippen LogP contribution >= 0.6 is 35.3 Å². The van der Waals surface area contributed by atoms with E-state index in [0.29, 0.717) is 18.1 Å². The van der Waals surface area contributed by atoms with E-state index in [2.05, 4.69) is 20.6 Å². The van der Waals surface area contributed by atoms with Crippen LogP contribution in [0.1, 0.15) is 34.1 Å². The molecule has 0 spiro atoms. The van der Waals surface area contributed by atoms with Crippen molar-refractivity contribution >= 4 is 41.3 Å². The van der Waals surface area contributed by atoms with E-state index < -0.39 is 11.6 Å². The number of nitrogens with zero attached hydrogens (tertiary/aromatic N) is 2. The number of rotatable bonds is 4. The number of aryl methyl sites for hydroxylation is 2. The van der Waals surface area contributed by atoms with Crippen molar-refractivity contribution in [2.75, 3.05) is 7.05 Å². The molecule has 1 atom stereocenters. The van der Waals surface area contributed by atoms with Gasteiger partial charge in [0.2, 0.25) is 0 Å². The molecule has 0 aliphatic rings. The monoisotopic (exact) mass is 466 g/mol. The van der Waals surface area contributed by atoms with Crippen LogP contribution in [0.15, 0.2) is 23.2 Å². The first-order valence-corrected chi connectivity index (χ1v) is 8.07. The smallest absolute Gasteiger partial charge is 0.191 e. The molecule has 0 aliphatic carbocycles. The number of hydrogen-bond donors (Lipinski definition) is 2. The maximum atomic E-state index is 13.8. The van der Waals surface area contributed by atoms with E-state index in [0.717, 1.165) is 21.6 Å². The molecular formula is C16H21F2IN4S. The zero-order valence-corrected chi connectivity index (χ0v) is 17.1. The van der Waals surface area contributed by atoms with Crippen molar-refractivity contribution < 1.29 is 8.78 Å². The molecular weight excluding hydrogens is 445 g/mol. The standard InChI is InChI=1S/C16H20F2N4S.HI/c1-9(13-6-5-12(17)7-14(13)18)22-16(19-4)20-8-15-10(2)21-11(3)23-15;/h5-7,9H,8H2,1-4H3,(H2,19,20,22);1H. The lowest BCUT2D eigenvalue weighted by molar-refractivity contribution is 0.551. The van der Waals surface area contributed by atoms with Crippen LogP contribution in [-0.4, -0.2) is 18.0 Å². The maximum Gasteiger partial charge on any atom is 0.191 e. The normalized spacial score (nSPS) is 12.5. The Morgan fingerprint density at radius 2 is 2.04 bits per heavy atom. The zero-order valence-electron chi connectivity index (χ0n) is 14.0. The summed E-state index contributed by atoms with van der Waals surface area (Å²) in [6.07, 6.45) is 0. The molecule has 0 aliphatic heterocycles. The van der Waals surface area contributed by atoms with Gasteiger partial charge in [-0.1, -0.05) is 6.07 Å². The average Bonchev–Trinajstić information content (AvgIpc) is 2.81. The summed E-state index contributed by atoms with van der Waals surface area (Å²) in [5, 5.41) is 7.30. The molecule has 1 heterocycles. The highest BCUT2D eigenvalue weighted by Crippen LogP contribution is 2.18. The molecule has 0 radical (unpaired) electrons. The second-order valence-electron chi connectivity index (χ2n) is 5.20. The lowest BCUT2D eigenvalue weighted by Gasteiger charge is -2.18. The molecule has 2 N–H and O–H groups in total. The van der Waals surface area contributed by atoms with Crippen molar-refractivity contribution in [3.05, 3.63) is 51.0 Å². The molecule has 0 fully saturated rings. The fourth-order valence-electron chi connectivity index (χ4n) is 2.23. The number of thiazole rings is 1. The molecule has 4 nitrogen and oxygen atoms in total. The van der Waals surface area contributed by atoms with Crippen LogP contribution in [-0.2, 0) is 6.54 Å². The molecule has 1 unspecified atom stereocenters. The summed E-state index contributed by atoms with van der Waals surface area (Å²) in [4.78, 5) is 9.64. The maximum absolute atomic E-state index is 13.8. The predicted molar refractivity (Wildman–Crippen MR) is 105 cm³/mol. The highest BCUT2D eigenvalue weighted by Gasteiger charge is 2.13. The van der Waals surface area contributed by atoms with Crippen LogP contribution in [0.2, 0.25) is 0 Å². The summed E-state index contributed by atoms with van der Waals surface area (Å²) in [5.41, 5.74) is 1.38. The van der Waals surface area contributed by atoms with Crippen LogP contribution in [0.25, 0.3) is 0 Å². The molecule has 132 valence electrons. The number of nitrogens with one attached hydrogen (secondary N) is 2. The van der Waals surface area contributed by atoms with Crippen molar-refractivity contribution in [2.24, 2.45) is 4.99 Å². The van der Waals surface area contributed by atoms with Gasteiger partial charge in [-0.3, -0.25) is 4.99 Å². The summed E-state index contributed by atoms with van der Waals surface area (Å²) < 4.78 is 26.8. The molecule has 8 heteroatoms. The van der Waals surface area contributed by atoms with Gasteiger partial charge < -0.3 is 10.6 Å². The minimum atomic E-state index is -0.586. The fraction of sp³-hybridized carbons (Fsp3) is 0.375. The van der Waals surface area contributed by atoms with Crippen molar-refractivity contribution in [3.63, 3.8) is 0 Å². The first-order valence-electron chi connectivity index (χ1n) is 7.25. The Labute approximate surface area is 161 Å². The molecule has 2 rings (SSSR count). The Balaban J connectivity index is 0.00000288. The third kappa shape index (κ3) is 5.37. The number of guanidine groups is 1. The van der Waals surface area contributed by atoms with E-state index in [9.17, 15) is 8.78 Å². The molecule has 0 saturated heterocycles. The van der Waals surface area contributed by atoms with E-state index in [1.165, 1.54) is 12.1 Å². The summed E-state index contributed by atoms with van der Waals surface area (Å²) in [7, 11) is 1.65. The Hall–Kier alpha value is -1.29. The van der Waals surface area contributed by atoms with Gasteiger partial charge in [0.15, 0.2) is 5.96 Å². The van der Waals surface area contributed by atoms with Crippen molar-refractivity contribution in [3.8, 4) is 0 Å². The van der Waals surface area contributed by atoms with Crippen LogP contribution in [0.5, 0.6) is 0 Å². The first-order chi connectivity index (χ1) is 10.9. The Bertz CT molecular complexity index is 718. The van der Waals surface area contributed by atoms with E-state index in [4.69, 9.17) is 0 Å². The quantitative estimate of drug-likeness (QED) is 0.406. The highest BCUT2D eigenvalue weighted by molar-refractivity contribution is 14.0. The van der Waals surface area contributed by atoms with E-state index >= 15 is 0 Å². The Kier molecular flexibility index (Phi) is 8.01. The second kappa shape index (κ2) is 9.26. The third-order valence-corrected chi connectivity index (χ3v) is 4.49. The van der Waals surface area contributed by atoms with Crippen LogP contribution in [0.4, 0.5) is 8.78 Å². The molecule has 1 aromatic heterocycles. The summed E-state index contributed by atoms with van der Waals surface area (Å²) in [6, 6.07) is 3.22. The van der Waals surface area contributed by atoms with Crippen molar-refractivity contribution in [1.82, 2.24) is 15.6 Å². The van der Waals surface area contributed by atoms with E-state index in [-0.39, 0.29) is 30.0 Å². The van der Waals surface area contributed by atoms with Crippen molar-refractivity contribution in [1.29, 1.82) is 0 Å². The van der Waals surface area contributed by atoms with Crippen LogP contribution in [0.3, 0.4) is 0 Å². The van der Waals surface area contributed by atoms with Crippen LogP contribution < -0.4 is 10.6 Å². The van der Waals surface area contributed by atoms with Gasteiger partial charge in [-0.05, 0) is 26.8 Å². The van der Waals surface area contributed by atoms with Crippen LogP contribution in [0, 0.1) is 25.5 Å². The van der Waals surface area contributed by atoms with Gasteiger partial charge in [-0.25, -0.2) is 13.8 Å². The highest BCUT2D eigenvalue weighted by atomic mass is 127. The fourth-order valence-corrected chi connectivity index (χ4v) is 3.11. The lowest BCUT2D eigenvalue weighted by Crippen LogP contribution is -2.38. The number of hydrogen-bond acceptors (Lipinski definition) is 3. The number of aliphatic imine (C=N–C) groups is 1. The third-order valence-electron chi connectivity index (χ3n) is 3.42. The lowest BCUT2D eigenvalue weighted by atomic mass is 10.1. The summed E-state index contributed by atoms with van der Waals surface area (Å²) >= 11 is 1.63. The van der Waals surface area contributed by atoms with Gasteiger partial charge in [-0.15, -0.1) is 35.3 Å². The van der Waals surface area contributed by atoms with Gasteiger partial charge in [0.1, 0.15) is 11.6 Å². The summed E-state index contributed by atoms with van der Waals surface area (Å²) in [6.45, 7) is 6.32. The molecule has 2 aromatic rings. The van der Waals surface area contributed by atoms with E-state index in [1.54, 1.807) is 25.3 Å². The number of benzene rings is 1. The largest absolute Gasteiger partial charge is 0.351 e. The molecule has 0 bridgehead atoms. The predicted octanol–water partition coefficient (Wildman–Crippen LogP) is 4.08. The summed E-state index contributed by atoms with van der Waals surface area (Å²) in [5.74, 6) is -0.613. The first kappa shape index (κ1) is 20.8. The minimum Gasteiger partial charge on any atom is -0.351 e.